The fourth-order valence-corrected chi connectivity index (χ4v) is 2.12. The van der Waals surface area contributed by atoms with Crippen molar-refractivity contribution in [3.05, 3.63) is 42.0 Å². The van der Waals surface area contributed by atoms with Crippen molar-refractivity contribution in [2.45, 2.75) is 11.8 Å². The highest BCUT2D eigenvalue weighted by Crippen LogP contribution is 2.43. The maximum atomic E-state index is 13.2. The molecule has 0 bridgehead atoms. The normalized spacial score (nSPS) is 14.7. The van der Waals surface area contributed by atoms with Gasteiger partial charge in [0, 0.05) is 10.9 Å². The first-order chi connectivity index (χ1) is 9.73. The minimum atomic E-state index is -5.28. The zero-order valence-electron chi connectivity index (χ0n) is 10.8. The van der Waals surface area contributed by atoms with Gasteiger partial charge in [-0.05, 0) is 11.5 Å². The molecule has 2 N–H and O–H groups in total. The summed E-state index contributed by atoms with van der Waals surface area (Å²) in [4.78, 5) is 11.6. The average molecular weight is 300 g/mol. The van der Waals surface area contributed by atoms with E-state index in [4.69, 9.17) is 0 Å². The lowest BCUT2D eigenvalue weighted by atomic mass is 9.88. The number of phenols is 1. The lowest BCUT2D eigenvalue weighted by Gasteiger charge is -2.29. The molecule has 1 atom stereocenters. The Morgan fingerprint density at radius 3 is 2.19 bits per heavy atom. The number of rotatable bonds is 2. The first-order valence-electron chi connectivity index (χ1n) is 5.82. The highest BCUT2D eigenvalue weighted by Gasteiger charge is 2.62. The Balaban J connectivity index is 2.85. The van der Waals surface area contributed by atoms with Crippen LogP contribution in [0.3, 0.4) is 0 Å². The number of carbonyl (C=O) groups excluding carboxylic acids is 1. The Kier molecular flexibility index (Phi) is 3.54. The second kappa shape index (κ2) is 4.92. The van der Waals surface area contributed by atoms with Crippen LogP contribution in [0.2, 0.25) is 0 Å². The van der Waals surface area contributed by atoms with Gasteiger partial charge < -0.3 is 14.9 Å². The number of phenolic OH excluding ortho intramolecular Hbond substituents is 1. The Labute approximate surface area is 117 Å². The molecule has 0 spiro atoms. The van der Waals surface area contributed by atoms with Crippen LogP contribution in [0.5, 0.6) is 5.75 Å². The summed E-state index contributed by atoms with van der Waals surface area (Å²) < 4.78 is 43.8. The Hall–Kier alpha value is -2.28. The van der Waals surface area contributed by atoms with E-state index in [9.17, 15) is 28.2 Å². The molecule has 0 aliphatic rings. The van der Waals surface area contributed by atoms with Crippen molar-refractivity contribution in [1.29, 1.82) is 0 Å². The number of methoxy groups -OCH3 is 1. The van der Waals surface area contributed by atoms with E-state index in [2.05, 4.69) is 4.74 Å². The molecule has 0 aliphatic heterocycles. The topological polar surface area (TPSA) is 66.8 Å². The second-order valence-corrected chi connectivity index (χ2v) is 4.38. The van der Waals surface area contributed by atoms with E-state index in [1.165, 1.54) is 24.3 Å². The molecule has 7 heteroatoms. The quantitative estimate of drug-likeness (QED) is 0.836. The number of halogens is 3. The number of benzene rings is 2. The van der Waals surface area contributed by atoms with Gasteiger partial charge in [0.15, 0.2) is 0 Å². The fourth-order valence-electron chi connectivity index (χ4n) is 2.12. The standard InChI is InChI=1S/C14H11F3O4/c1-21-12(19)13(20,14(15,16)17)10-6-7-11(18)9-5-3-2-4-8(9)10/h2-7,18,20H,1H3/t13-/m1/s1. The van der Waals surface area contributed by atoms with Gasteiger partial charge in [0.2, 0.25) is 0 Å². The van der Waals surface area contributed by atoms with E-state index in [1.807, 2.05) is 0 Å². The van der Waals surface area contributed by atoms with Crippen LogP contribution in [0.4, 0.5) is 13.2 Å². The molecular weight excluding hydrogens is 289 g/mol. The SMILES string of the molecule is COC(=O)[C@](O)(c1ccc(O)c2ccccc12)C(F)(F)F. The van der Waals surface area contributed by atoms with Gasteiger partial charge in [-0.25, -0.2) is 4.79 Å². The number of carbonyl (C=O) groups is 1. The Bertz CT molecular complexity index is 696. The van der Waals surface area contributed by atoms with Crippen molar-refractivity contribution in [3.8, 4) is 5.75 Å². The first-order valence-corrected chi connectivity index (χ1v) is 5.82. The van der Waals surface area contributed by atoms with E-state index in [-0.39, 0.29) is 16.5 Å². The molecule has 4 nitrogen and oxygen atoms in total. The molecule has 0 aromatic heterocycles. The third-order valence-corrected chi connectivity index (χ3v) is 3.18. The molecule has 0 unspecified atom stereocenters. The zero-order chi connectivity index (χ0) is 15.8. The number of fused-ring (bicyclic) bond motifs is 1. The van der Waals surface area contributed by atoms with E-state index >= 15 is 0 Å². The summed E-state index contributed by atoms with van der Waals surface area (Å²) in [5.74, 6) is -2.10. The molecule has 2 aromatic carbocycles. The van der Waals surface area contributed by atoms with Crippen molar-refractivity contribution in [2.75, 3.05) is 7.11 Å². The van der Waals surface area contributed by atoms with Gasteiger partial charge in [-0.3, -0.25) is 0 Å². The van der Waals surface area contributed by atoms with Crippen molar-refractivity contribution in [1.82, 2.24) is 0 Å². The summed E-state index contributed by atoms with van der Waals surface area (Å²) in [6.45, 7) is 0. The Morgan fingerprint density at radius 1 is 1.10 bits per heavy atom. The van der Waals surface area contributed by atoms with Gasteiger partial charge in [-0.15, -0.1) is 0 Å². The monoisotopic (exact) mass is 300 g/mol. The molecule has 0 heterocycles. The molecule has 0 radical (unpaired) electrons. The Morgan fingerprint density at radius 2 is 1.67 bits per heavy atom. The van der Waals surface area contributed by atoms with Crippen molar-refractivity contribution >= 4 is 16.7 Å². The summed E-state index contributed by atoms with van der Waals surface area (Å²) in [6, 6.07) is 7.42. The lowest BCUT2D eigenvalue weighted by Crippen LogP contribution is -2.50. The van der Waals surface area contributed by atoms with Crippen molar-refractivity contribution in [2.24, 2.45) is 0 Å². The third kappa shape index (κ3) is 2.19. The predicted molar refractivity (Wildman–Crippen MR) is 67.6 cm³/mol. The predicted octanol–water partition coefficient (Wildman–Crippen LogP) is 2.47. The minimum absolute atomic E-state index is 0.0848. The highest BCUT2D eigenvalue weighted by molar-refractivity contribution is 5.96. The van der Waals surface area contributed by atoms with Crippen molar-refractivity contribution in [3.63, 3.8) is 0 Å². The van der Waals surface area contributed by atoms with Crippen LogP contribution in [0.25, 0.3) is 10.8 Å². The molecule has 0 amide bonds. The number of alkyl halides is 3. The van der Waals surface area contributed by atoms with E-state index in [0.29, 0.717) is 0 Å². The van der Waals surface area contributed by atoms with Gasteiger partial charge >= 0.3 is 12.1 Å². The molecule has 2 rings (SSSR count). The number of esters is 1. The molecule has 112 valence electrons. The van der Waals surface area contributed by atoms with Crippen LogP contribution in [0.15, 0.2) is 36.4 Å². The summed E-state index contributed by atoms with van der Waals surface area (Å²) >= 11 is 0. The number of aromatic hydroxyl groups is 1. The number of ether oxygens (including phenoxy) is 1. The van der Waals surface area contributed by atoms with Crippen LogP contribution in [0.1, 0.15) is 5.56 Å². The lowest BCUT2D eigenvalue weighted by molar-refractivity contribution is -0.266. The number of hydrogen-bond acceptors (Lipinski definition) is 4. The molecule has 21 heavy (non-hydrogen) atoms. The highest BCUT2D eigenvalue weighted by atomic mass is 19.4. The van der Waals surface area contributed by atoms with Crippen LogP contribution in [0, 0.1) is 0 Å². The average Bonchev–Trinajstić information content (AvgIpc) is 2.45. The zero-order valence-corrected chi connectivity index (χ0v) is 10.8. The fraction of sp³-hybridized carbons (Fsp3) is 0.214. The largest absolute Gasteiger partial charge is 0.507 e. The van der Waals surface area contributed by atoms with E-state index < -0.39 is 23.3 Å². The number of aliphatic hydroxyl groups is 1. The molecular formula is C14H11F3O4. The smallest absolute Gasteiger partial charge is 0.432 e. The third-order valence-electron chi connectivity index (χ3n) is 3.18. The summed E-state index contributed by atoms with van der Waals surface area (Å²) in [5.41, 5.74) is -4.51. The maximum Gasteiger partial charge on any atom is 0.432 e. The van der Waals surface area contributed by atoms with Crippen LogP contribution in [-0.2, 0) is 15.1 Å². The van der Waals surface area contributed by atoms with Crippen molar-refractivity contribution < 1.29 is 32.9 Å². The molecule has 0 aliphatic carbocycles. The summed E-state index contributed by atoms with van der Waals surface area (Å²) in [6.07, 6.45) is -5.28. The molecule has 0 saturated heterocycles. The van der Waals surface area contributed by atoms with Crippen LogP contribution >= 0.6 is 0 Å². The summed E-state index contributed by atoms with van der Waals surface area (Å²) in [7, 11) is 0.752. The molecule has 2 aromatic rings. The first kappa shape index (κ1) is 15.1. The molecule has 0 fully saturated rings. The van der Waals surface area contributed by atoms with E-state index in [0.717, 1.165) is 19.2 Å². The van der Waals surface area contributed by atoms with Gasteiger partial charge in [0.25, 0.3) is 5.60 Å². The maximum absolute atomic E-state index is 13.2. The van der Waals surface area contributed by atoms with Gasteiger partial charge in [-0.1, -0.05) is 30.3 Å². The van der Waals surface area contributed by atoms with Gasteiger partial charge in [-0.2, -0.15) is 13.2 Å². The summed E-state index contributed by atoms with van der Waals surface area (Å²) in [5, 5.41) is 19.7. The second-order valence-electron chi connectivity index (χ2n) is 4.38. The minimum Gasteiger partial charge on any atom is -0.507 e. The van der Waals surface area contributed by atoms with Crippen LogP contribution < -0.4 is 0 Å². The van der Waals surface area contributed by atoms with Crippen LogP contribution in [-0.4, -0.2) is 29.5 Å². The van der Waals surface area contributed by atoms with Gasteiger partial charge in [0.05, 0.1) is 7.11 Å². The van der Waals surface area contributed by atoms with Gasteiger partial charge in [0.1, 0.15) is 5.75 Å². The molecule has 0 saturated carbocycles. The van der Waals surface area contributed by atoms with E-state index in [1.54, 1.807) is 0 Å². The number of hydrogen-bond donors (Lipinski definition) is 2.